The molecule has 1 aliphatic heterocycles. The third-order valence-corrected chi connectivity index (χ3v) is 7.70. The normalized spacial score (nSPS) is 14.2. The number of hydrogen-bond acceptors (Lipinski definition) is 6. The highest BCUT2D eigenvalue weighted by Gasteiger charge is 2.36. The number of ether oxygens (including phenoxy) is 3. The van der Waals surface area contributed by atoms with Crippen LogP contribution in [0.4, 0.5) is 4.79 Å². The summed E-state index contributed by atoms with van der Waals surface area (Å²) in [7, 11) is 1.53. The molecule has 0 saturated carbocycles. The van der Waals surface area contributed by atoms with Gasteiger partial charge in [-0.3, -0.25) is 19.8 Å². The van der Waals surface area contributed by atoms with Crippen molar-refractivity contribution >= 4 is 45.5 Å². The maximum Gasteiger partial charge on any atom is 0.331 e. The summed E-state index contributed by atoms with van der Waals surface area (Å²) in [5, 5.41) is 6.23. The van der Waals surface area contributed by atoms with E-state index in [9.17, 15) is 14.4 Å². The Labute approximate surface area is 260 Å². The number of imide groups is 2. The molecule has 4 amide bonds. The number of nitrogens with one attached hydrogen (secondary N) is 1. The molecule has 8 nitrogen and oxygen atoms in total. The molecule has 0 unspecified atom stereocenters. The van der Waals surface area contributed by atoms with Gasteiger partial charge >= 0.3 is 6.03 Å². The topological polar surface area (TPSA) is 94.2 Å². The van der Waals surface area contributed by atoms with Crippen molar-refractivity contribution in [3.63, 3.8) is 0 Å². The standard InChI is InChI=1S/C37H32N2O6/c1-3-19-44-33-17-15-24(20-34(33)43-2)22-39-36(41)31(35(40)38-37(39)42)21-30-29-14-7-5-10-26(29)16-18-32(30)45-23-27-12-8-11-25-9-4-6-13-28(25)27/h4-18,20-21H,3,19,22-23H2,1-2H3,(H,38,40,42)/b31-21+. The van der Waals surface area contributed by atoms with Crippen LogP contribution in [0.3, 0.4) is 0 Å². The first-order chi connectivity index (χ1) is 22.0. The molecule has 0 bridgehead atoms. The van der Waals surface area contributed by atoms with Crippen LogP contribution in [0.15, 0.2) is 103 Å². The summed E-state index contributed by atoms with van der Waals surface area (Å²) in [6, 6.07) is 30.0. The number of hydrogen-bond donors (Lipinski definition) is 1. The van der Waals surface area contributed by atoms with Crippen LogP contribution in [-0.2, 0) is 22.7 Å². The van der Waals surface area contributed by atoms with Crippen molar-refractivity contribution in [3.8, 4) is 17.2 Å². The Morgan fingerprint density at radius 3 is 2.24 bits per heavy atom. The Kier molecular flexibility index (Phi) is 8.46. The first-order valence-corrected chi connectivity index (χ1v) is 14.8. The summed E-state index contributed by atoms with van der Waals surface area (Å²) in [4.78, 5) is 40.8. The van der Waals surface area contributed by atoms with Gasteiger partial charge in [-0.25, -0.2) is 4.79 Å². The highest BCUT2D eigenvalue weighted by Crippen LogP contribution is 2.33. The predicted molar refractivity (Wildman–Crippen MR) is 173 cm³/mol. The SMILES string of the molecule is CCCOc1ccc(CN2C(=O)NC(=O)/C(=C\c3c(OCc4cccc5ccccc45)ccc4ccccc34)C2=O)cc1OC. The van der Waals surface area contributed by atoms with Gasteiger partial charge in [0.05, 0.1) is 20.3 Å². The van der Waals surface area contributed by atoms with Crippen molar-refractivity contribution in [3.05, 3.63) is 119 Å². The lowest BCUT2D eigenvalue weighted by Crippen LogP contribution is -2.53. The highest BCUT2D eigenvalue weighted by molar-refractivity contribution is 6.31. The molecule has 0 radical (unpaired) electrons. The van der Waals surface area contributed by atoms with E-state index in [4.69, 9.17) is 14.2 Å². The number of barbiturate groups is 1. The molecule has 0 aliphatic carbocycles. The van der Waals surface area contributed by atoms with Crippen molar-refractivity contribution < 1.29 is 28.6 Å². The zero-order valence-corrected chi connectivity index (χ0v) is 25.0. The molecule has 1 aliphatic rings. The van der Waals surface area contributed by atoms with Crippen LogP contribution in [0.2, 0.25) is 0 Å². The van der Waals surface area contributed by atoms with E-state index in [0.29, 0.717) is 35.0 Å². The largest absolute Gasteiger partial charge is 0.493 e. The molecule has 226 valence electrons. The van der Waals surface area contributed by atoms with E-state index in [-0.39, 0.29) is 18.7 Å². The average molecular weight is 601 g/mol. The second-order valence-corrected chi connectivity index (χ2v) is 10.7. The molecular formula is C37H32N2O6. The van der Waals surface area contributed by atoms with Gasteiger partial charge in [0.25, 0.3) is 11.8 Å². The predicted octanol–water partition coefficient (Wildman–Crippen LogP) is 7.03. The minimum absolute atomic E-state index is 0.0698. The maximum absolute atomic E-state index is 13.8. The number of urea groups is 1. The molecule has 5 aromatic carbocycles. The van der Waals surface area contributed by atoms with E-state index in [1.165, 1.54) is 13.2 Å². The van der Waals surface area contributed by atoms with Crippen LogP contribution in [0.5, 0.6) is 17.2 Å². The van der Waals surface area contributed by atoms with E-state index < -0.39 is 17.8 Å². The van der Waals surface area contributed by atoms with E-state index in [2.05, 4.69) is 23.5 Å². The summed E-state index contributed by atoms with van der Waals surface area (Å²) >= 11 is 0. The molecule has 8 heteroatoms. The van der Waals surface area contributed by atoms with E-state index in [0.717, 1.165) is 38.4 Å². The van der Waals surface area contributed by atoms with Crippen LogP contribution < -0.4 is 19.5 Å². The number of rotatable bonds is 10. The molecule has 0 atom stereocenters. The lowest BCUT2D eigenvalue weighted by molar-refractivity contribution is -0.130. The number of carbonyl (C=O) groups is 3. The van der Waals surface area contributed by atoms with Crippen LogP contribution in [0.1, 0.15) is 30.0 Å². The van der Waals surface area contributed by atoms with Crippen molar-refractivity contribution in [1.82, 2.24) is 10.2 Å². The van der Waals surface area contributed by atoms with Gasteiger partial charge in [-0.2, -0.15) is 0 Å². The molecule has 1 fully saturated rings. The molecule has 1 N–H and O–H groups in total. The number of benzene rings is 5. The zero-order chi connectivity index (χ0) is 31.3. The van der Waals surface area contributed by atoms with Crippen molar-refractivity contribution in [2.75, 3.05) is 13.7 Å². The molecule has 0 aromatic heterocycles. The Morgan fingerprint density at radius 1 is 0.756 bits per heavy atom. The van der Waals surface area contributed by atoms with E-state index in [1.807, 2.05) is 67.6 Å². The number of methoxy groups -OCH3 is 1. The summed E-state index contributed by atoms with van der Waals surface area (Å²) in [6.07, 6.45) is 2.35. The number of amides is 4. The lowest BCUT2D eigenvalue weighted by Gasteiger charge is -2.27. The smallest absolute Gasteiger partial charge is 0.331 e. The Balaban J connectivity index is 1.34. The van der Waals surface area contributed by atoms with Gasteiger partial charge in [0, 0.05) is 5.56 Å². The Morgan fingerprint density at radius 2 is 1.47 bits per heavy atom. The van der Waals surface area contributed by atoms with Gasteiger partial charge < -0.3 is 14.2 Å². The first-order valence-electron chi connectivity index (χ1n) is 14.8. The number of carbonyl (C=O) groups excluding carboxylic acids is 3. The van der Waals surface area contributed by atoms with Gasteiger partial charge in [-0.15, -0.1) is 0 Å². The minimum atomic E-state index is -0.794. The quantitative estimate of drug-likeness (QED) is 0.137. The van der Waals surface area contributed by atoms with Crippen molar-refractivity contribution in [2.45, 2.75) is 26.5 Å². The van der Waals surface area contributed by atoms with Gasteiger partial charge in [0.1, 0.15) is 17.9 Å². The van der Waals surface area contributed by atoms with Gasteiger partial charge in [-0.05, 0) is 63.4 Å². The van der Waals surface area contributed by atoms with Crippen LogP contribution in [0, 0.1) is 0 Å². The average Bonchev–Trinajstić information content (AvgIpc) is 3.07. The van der Waals surface area contributed by atoms with E-state index in [1.54, 1.807) is 18.2 Å². The third kappa shape index (κ3) is 6.08. The fourth-order valence-corrected chi connectivity index (χ4v) is 5.43. The zero-order valence-electron chi connectivity index (χ0n) is 25.0. The first kappa shape index (κ1) is 29.4. The monoisotopic (exact) mass is 600 g/mol. The lowest BCUT2D eigenvalue weighted by atomic mass is 9.99. The number of fused-ring (bicyclic) bond motifs is 2. The molecule has 45 heavy (non-hydrogen) atoms. The molecule has 0 spiro atoms. The van der Waals surface area contributed by atoms with E-state index >= 15 is 0 Å². The second kappa shape index (κ2) is 12.9. The minimum Gasteiger partial charge on any atom is -0.493 e. The van der Waals surface area contributed by atoms with Crippen molar-refractivity contribution in [2.24, 2.45) is 0 Å². The summed E-state index contributed by atoms with van der Waals surface area (Å²) in [5.41, 5.74) is 2.04. The molecule has 1 saturated heterocycles. The molecule has 5 aromatic rings. The number of nitrogens with zero attached hydrogens (tertiary/aromatic N) is 1. The van der Waals surface area contributed by atoms with Crippen LogP contribution >= 0.6 is 0 Å². The molecule has 6 rings (SSSR count). The van der Waals surface area contributed by atoms with Crippen LogP contribution in [0.25, 0.3) is 27.6 Å². The summed E-state index contributed by atoms with van der Waals surface area (Å²) in [6.45, 7) is 2.74. The third-order valence-electron chi connectivity index (χ3n) is 7.70. The summed E-state index contributed by atoms with van der Waals surface area (Å²) in [5.74, 6) is 0.0873. The van der Waals surface area contributed by atoms with Crippen molar-refractivity contribution in [1.29, 1.82) is 0 Å². The fourth-order valence-electron chi connectivity index (χ4n) is 5.43. The van der Waals surface area contributed by atoms with Gasteiger partial charge in [0.2, 0.25) is 0 Å². The van der Waals surface area contributed by atoms with Gasteiger partial charge in [0.15, 0.2) is 11.5 Å². The molecular weight excluding hydrogens is 568 g/mol. The maximum atomic E-state index is 13.8. The highest BCUT2D eigenvalue weighted by atomic mass is 16.5. The Hall–Kier alpha value is -5.63. The van der Waals surface area contributed by atoms with Gasteiger partial charge in [-0.1, -0.05) is 85.8 Å². The van der Waals surface area contributed by atoms with Crippen LogP contribution in [-0.4, -0.2) is 36.5 Å². The second-order valence-electron chi connectivity index (χ2n) is 10.7. The molecule has 1 heterocycles. The summed E-state index contributed by atoms with van der Waals surface area (Å²) < 4.78 is 17.6. The fraction of sp³-hybridized carbons (Fsp3) is 0.162. The Bertz CT molecular complexity index is 1960.